The van der Waals surface area contributed by atoms with Crippen LogP contribution < -0.4 is 5.73 Å². The highest BCUT2D eigenvalue weighted by Gasteiger charge is 2.17. The van der Waals surface area contributed by atoms with Crippen LogP contribution in [0.1, 0.15) is 41.6 Å². The van der Waals surface area contributed by atoms with Crippen molar-refractivity contribution in [2.45, 2.75) is 39.0 Å². The molecule has 0 unspecified atom stereocenters. The first-order chi connectivity index (χ1) is 7.74. The van der Waals surface area contributed by atoms with Gasteiger partial charge in [0.15, 0.2) is 5.84 Å². The molecule has 0 aliphatic heterocycles. The Kier molecular flexibility index (Phi) is 3.08. The van der Waals surface area contributed by atoms with Gasteiger partial charge in [0.1, 0.15) is 0 Å². The van der Waals surface area contributed by atoms with Gasteiger partial charge in [-0.3, -0.25) is 4.98 Å². The van der Waals surface area contributed by atoms with Gasteiger partial charge in [0, 0.05) is 17.5 Å². The molecule has 0 spiro atoms. The lowest BCUT2D eigenvalue weighted by atomic mass is 9.97. The summed E-state index contributed by atoms with van der Waals surface area (Å²) in [6, 6.07) is 0. The van der Waals surface area contributed by atoms with Crippen LogP contribution in [-0.4, -0.2) is 16.0 Å². The zero-order valence-electron chi connectivity index (χ0n) is 9.53. The molecule has 0 fully saturated rings. The van der Waals surface area contributed by atoms with E-state index in [1.807, 2.05) is 13.1 Å². The van der Waals surface area contributed by atoms with Gasteiger partial charge in [-0.1, -0.05) is 11.6 Å². The maximum Gasteiger partial charge on any atom is 0.172 e. The van der Waals surface area contributed by atoms with Crippen molar-refractivity contribution in [3.05, 3.63) is 28.6 Å². The fourth-order valence-electron chi connectivity index (χ4n) is 2.38. The van der Waals surface area contributed by atoms with Crippen LogP contribution in [0.25, 0.3) is 0 Å². The number of oxime groups is 1. The first-order valence-corrected chi connectivity index (χ1v) is 5.69. The SMILES string of the molecule is Cc1ncc2c(c1C(N)=NO)CCCCC2. The number of aryl methyl sites for hydroxylation is 2. The van der Waals surface area contributed by atoms with Crippen molar-refractivity contribution in [2.24, 2.45) is 10.9 Å². The van der Waals surface area contributed by atoms with E-state index >= 15 is 0 Å². The van der Waals surface area contributed by atoms with Gasteiger partial charge in [0.2, 0.25) is 0 Å². The molecule has 0 saturated carbocycles. The molecule has 1 aromatic heterocycles. The Hall–Kier alpha value is -1.58. The monoisotopic (exact) mass is 219 g/mol. The Balaban J connectivity index is 2.57. The second-order valence-corrected chi connectivity index (χ2v) is 4.27. The first-order valence-electron chi connectivity index (χ1n) is 5.69. The van der Waals surface area contributed by atoms with Crippen molar-refractivity contribution in [3.8, 4) is 0 Å². The molecule has 4 heteroatoms. The van der Waals surface area contributed by atoms with Crippen LogP contribution >= 0.6 is 0 Å². The molecule has 2 rings (SSSR count). The van der Waals surface area contributed by atoms with Crippen molar-refractivity contribution in [1.82, 2.24) is 4.98 Å². The fourth-order valence-corrected chi connectivity index (χ4v) is 2.38. The van der Waals surface area contributed by atoms with Gasteiger partial charge in [-0.15, -0.1) is 0 Å². The van der Waals surface area contributed by atoms with Crippen molar-refractivity contribution in [2.75, 3.05) is 0 Å². The predicted molar refractivity (Wildman–Crippen MR) is 62.7 cm³/mol. The van der Waals surface area contributed by atoms with E-state index in [4.69, 9.17) is 10.9 Å². The predicted octanol–water partition coefficient (Wildman–Crippen LogP) is 1.75. The first kappa shape index (κ1) is 10.9. The third-order valence-electron chi connectivity index (χ3n) is 3.20. The molecule has 1 aliphatic carbocycles. The van der Waals surface area contributed by atoms with E-state index in [1.54, 1.807) is 0 Å². The van der Waals surface area contributed by atoms with Crippen molar-refractivity contribution in [3.63, 3.8) is 0 Å². The van der Waals surface area contributed by atoms with E-state index in [0.717, 1.165) is 24.1 Å². The summed E-state index contributed by atoms with van der Waals surface area (Å²) in [5.74, 6) is 0.184. The number of hydrogen-bond donors (Lipinski definition) is 2. The van der Waals surface area contributed by atoms with Crippen LogP contribution in [0.5, 0.6) is 0 Å². The number of amidine groups is 1. The lowest BCUT2D eigenvalue weighted by molar-refractivity contribution is 0.318. The Morgan fingerprint density at radius 2 is 2.12 bits per heavy atom. The number of fused-ring (bicyclic) bond motifs is 1. The van der Waals surface area contributed by atoms with Crippen LogP contribution in [-0.2, 0) is 12.8 Å². The molecule has 3 N–H and O–H groups in total. The van der Waals surface area contributed by atoms with E-state index in [0.29, 0.717) is 0 Å². The third kappa shape index (κ3) is 1.87. The molecule has 0 radical (unpaired) electrons. The molecule has 86 valence electrons. The van der Waals surface area contributed by atoms with Gasteiger partial charge in [-0.2, -0.15) is 0 Å². The number of aromatic nitrogens is 1. The maximum atomic E-state index is 8.82. The Morgan fingerprint density at radius 3 is 2.88 bits per heavy atom. The standard InChI is InChI=1S/C12H17N3O/c1-8-11(12(13)15-16)10-6-4-2-3-5-9(10)7-14-8/h7,16H,2-6H2,1H3,(H2,13,15). The smallest absolute Gasteiger partial charge is 0.172 e. The minimum absolute atomic E-state index is 0.184. The number of nitrogens with zero attached hydrogens (tertiary/aromatic N) is 2. The second kappa shape index (κ2) is 4.51. The van der Waals surface area contributed by atoms with Crippen molar-refractivity contribution in [1.29, 1.82) is 0 Å². The van der Waals surface area contributed by atoms with Gasteiger partial charge in [-0.25, -0.2) is 0 Å². The average Bonchev–Trinajstić information content (AvgIpc) is 2.53. The van der Waals surface area contributed by atoms with Crippen LogP contribution in [0.2, 0.25) is 0 Å². The van der Waals surface area contributed by atoms with Crippen LogP contribution in [0, 0.1) is 6.92 Å². The van der Waals surface area contributed by atoms with E-state index in [1.165, 1.54) is 30.4 Å². The van der Waals surface area contributed by atoms with E-state index in [-0.39, 0.29) is 5.84 Å². The number of hydrogen-bond acceptors (Lipinski definition) is 3. The number of pyridine rings is 1. The van der Waals surface area contributed by atoms with Gasteiger partial charge < -0.3 is 10.9 Å². The molecule has 4 nitrogen and oxygen atoms in total. The molecule has 0 amide bonds. The van der Waals surface area contributed by atoms with Crippen LogP contribution in [0.15, 0.2) is 11.4 Å². The summed E-state index contributed by atoms with van der Waals surface area (Å²) in [4.78, 5) is 4.33. The highest BCUT2D eigenvalue weighted by atomic mass is 16.4. The van der Waals surface area contributed by atoms with E-state index < -0.39 is 0 Å². The quantitative estimate of drug-likeness (QED) is 0.248. The number of nitrogens with two attached hydrogens (primary N) is 1. The molecule has 16 heavy (non-hydrogen) atoms. The van der Waals surface area contributed by atoms with Crippen molar-refractivity contribution < 1.29 is 5.21 Å². The normalized spacial score (nSPS) is 16.7. The second-order valence-electron chi connectivity index (χ2n) is 4.27. The summed E-state index contributed by atoms with van der Waals surface area (Å²) in [6.45, 7) is 1.90. The van der Waals surface area contributed by atoms with Crippen LogP contribution in [0.4, 0.5) is 0 Å². The topological polar surface area (TPSA) is 71.5 Å². The molecule has 0 bridgehead atoms. The van der Waals surface area contributed by atoms with Gasteiger partial charge >= 0.3 is 0 Å². The highest BCUT2D eigenvalue weighted by Crippen LogP contribution is 2.24. The fraction of sp³-hybridized carbons (Fsp3) is 0.500. The number of rotatable bonds is 1. The highest BCUT2D eigenvalue weighted by molar-refractivity contribution is 5.99. The van der Waals surface area contributed by atoms with Gasteiger partial charge in [0.05, 0.1) is 0 Å². The summed E-state index contributed by atoms with van der Waals surface area (Å²) in [7, 11) is 0. The summed E-state index contributed by atoms with van der Waals surface area (Å²) in [5.41, 5.74) is 9.89. The molecule has 0 saturated heterocycles. The third-order valence-corrected chi connectivity index (χ3v) is 3.20. The minimum Gasteiger partial charge on any atom is -0.409 e. The summed E-state index contributed by atoms with van der Waals surface area (Å²) in [5, 5.41) is 11.9. The van der Waals surface area contributed by atoms with Gasteiger partial charge in [-0.05, 0) is 43.7 Å². The summed E-state index contributed by atoms with van der Waals surface area (Å²) in [6.07, 6.45) is 7.60. The molecular weight excluding hydrogens is 202 g/mol. The zero-order chi connectivity index (χ0) is 11.5. The summed E-state index contributed by atoms with van der Waals surface area (Å²) < 4.78 is 0. The molecule has 0 aromatic carbocycles. The Morgan fingerprint density at radius 1 is 1.38 bits per heavy atom. The molecule has 0 atom stereocenters. The maximum absolute atomic E-state index is 8.82. The van der Waals surface area contributed by atoms with E-state index in [2.05, 4.69) is 10.1 Å². The van der Waals surface area contributed by atoms with Crippen molar-refractivity contribution >= 4 is 5.84 Å². The molecule has 1 heterocycles. The van der Waals surface area contributed by atoms with Gasteiger partial charge in [0.25, 0.3) is 0 Å². The zero-order valence-corrected chi connectivity index (χ0v) is 9.53. The van der Waals surface area contributed by atoms with Crippen LogP contribution in [0.3, 0.4) is 0 Å². The average molecular weight is 219 g/mol. The lowest BCUT2D eigenvalue weighted by Crippen LogP contribution is -2.19. The molecular formula is C12H17N3O. The van der Waals surface area contributed by atoms with E-state index in [9.17, 15) is 0 Å². The minimum atomic E-state index is 0.184. The Bertz CT molecular complexity index is 427. The lowest BCUT2D eigenvalue weighted by Gasteiger charge is -2.13. The molecule has 1 aliphatic rings. The molecule has 1 aromatic rings. The Labute approximate surface area is 95.2 Å². The largest absolute Gasteiger partial charge is 0.409 e. The summed E-state index contributed by atoms with van der Waals surface area (Å²) >= 11 is 0.